The van der Waals surface area contributed by atoms with Crippen molar-refractivity contribution >= 4 is 11.8 Å². The SMILES string of the molecule is CC(C)CN(CC(N)=O)C(C)CCC(=O)NN. The Morgan fingerprint density at radius 3 is 2.29 bits per heavy atom. The average Bonchev–Trinajstić information content (AvgIpc) is 2.23. The van der Waals surface area contributed by atoms with E-state index in [1.165, 1.54) is 0 Å². The summed E-state index contributed by atoms with van der Waals surface area (Å²) < 4.78 is 0. The molecule has 0 saturated heterocycles. The molecule has 0 heterocycles. The first-order valence-corrected chi connectivity index (χ1v) is 5.88. The fourth-order valence-corrected chi connectivity index (χ4v) is 1.66. The van der Waals surface area contributed by atoms with Crippen molar-refractivity contribution in [3.8, 4) is 0 Å². The lowest BCUT2D eigenvalue weighted by Gasteiger charge is -2.29. The van der Waals surface area contributed by atoms with Gasteiger partial charge in [0.15, 0.2) is 0 Å². The second-order valence-electron chi connectivity index (χ2n) is 4.74. The molecule has 17 heavy (non-hydrogen) atoms. The number of hydrazine groups is 1. The van der Waals surface area contributed by atoms with Crippen LogP contribution in [0.5, 0.6) is 0 Å². The lowest BCUT2D eigenvalue weighted by Crippen LogP contribution is -2.42. The molecule has 0 spiro atoms. The van der Waals surface area contributed by atoms with Crippen LogP contribution in [0.25, 0.3) is 0 Å². The van der Waals surface area contributed by atoms with Gasteiger partial charge in [-0.3, -0.25) is 19.9 Å². The van der Waals surface area contributed by atoms with Crippen molar-refractivity contribution in [2.75, 3.05) is 13.1 Å². The monoisotopic (exact) mass is 244 g/mol. The van der Waals surface area contributed by atoms with Crippen LogP contribution in [0.3, 0.4) is 0 Å². The highest BCUT2D eigenvalue weighted by atomic mass is 16.2. The van der Waals surface area contributed by atoms with Gasteiger partial charge in [-0.15, -0.1) is 0 Å². The van der Waals surface area contributed by atoms with Gasteiger partial charge in [0.1, 0.15) is 0 Å². The summed E-state index contributed by atoms with van der Waals surface area (Å²) in [6.07, 6.45) is 1.01. The van der Waals surface area contributed by atoms with Crippen LogP contribution in [0.2, 0.25) is 0 Å². The van der Waals surface area contributed by atoms with Gasteiger partial charge in [0.2, 0.25) is 11.8 Å². The Morgan fingerprint density at radius 2 is 1.88 bits per heavy atom. The molecule has 0 aliphatic rings. The summed E-state index contributed by atoms with van der Waals surface area (Å²) in [5.41, 5.74) is 7.30. The molecule has 0 fully saturated rings. The Hall–Kier alpha value is -1.14. The van der Waals surface area contributed by atoms with Crippen LogP contribution in [-0.2, 0) is 9.59 Å². The number of amides is 2. The molecule has 100 valence electrons. The number of carbonyl (C=O) groups is 2. The standard InChI is InChI=1S/C11H24N4O2/c1-8(2)6-15(7-10(12)16)9(3)4-5-11(17)14-13/h8-9H,4-7,13H2,1-3H3,(H2,12,16)(H,14,17). The number of nitrogens with two attached hydrogens (primary N) is 2. The molecule has 2 amide bonds. The third kappa shape index (κ3) is 7.70. The topological polar surface area (TPSA) is 101 Å². The van der Waals surface area contributed by atoms with Crippen molar-refractivity contribution in [2.45, 2.75) is 39.7 Å². The number of hydrogen-bond acceptors (Lipinski definition) is 4. The summed E-state index contributed by atoms with van der Waals surface area (Å²) in [5, 5.41) is 0. The second-order valence-corrected chi connectivity index (χ2v) is 4.74. The third-order valence-corrected chi connectivity index (χ3v) is 2.53. The highest BCUT2D eigenvalue weighted by Crippen LogP contribution is 2.09. The van der Waals surface area contributed by atoms with E-state index in [4.69, 9.17) is 11.6 Å². The van der Waals surface area contributed by atoms with Crippen molar-refractivity contribution in [1.29, 1.82) is 0 Å². The van der Waals surface area contributed by atoms with Gasteiger partial charge < -0.3 is 5.73 Å². The molecule has 1 atom stereocenters. The molecule has 0 rings (SSSR count). The summed E-state index contributed by atoms with van der Waals surface area (Å²) in [6.45, 7) is 7.15. The Kier molecular flexibility index (Phi) is 7.49. The minimum absolute atomic E-state index is 0.127. The van der Waals surface area contributed by atoms with Gasteiger partial charge >= 0.3 is 0 Å². The van der Waals surface area contributed by atoms with E-state index in [1.807, 2.05) is 11.8 Å². The fourth-order valence-electron chi connectivity index (χ4n) is 1.66. The zero-order chi connectivity index (χ0) is 13.4. The van der Waals surface area contributed by atoms with Gasteiger partial charge in [0.25, 0.3) is 0 Å². The summed E-state index contributed by atoms with van der Waals surface area (Å²) in [4.78, 5) is 24.0. The molecular weight excluding hydrogens is 220 g/mol. The quantitative estimate of drug-likeness (QED) is 0.307. The fraction of sp³-hybridized carbons (Fsp3) is 0.818. The van der Waals surface area contributed by atoms with E-state index in [2.05, 4.69) is 19.3 Å². The number of hydrogen-bond donors (Lipinski definition) is 3. The summed E-state index contributed by atoms with van der Waals surface area (Å²) in [5.74, 6) is 4.91. The normalized spacial score (nSPS) is 12.8. The van der Waals surface area contributed by atoms with Crippen molar-refractivity contribution in [3.63, 3.8) is 0 Å². The zero-order valence-corrected chi connectivity index (χ0v) is 10.9. The summed E-state index contributed by atoms with van der Waals surface area (Å²) >= 11 is 0. The lowest BCUT2D eigenvalue weighted by atomic mass is 10.1. The predicted molar refractivity (Wildman–Crippen MR) is 66.6 cm³/mol. The molecule has 0 aromatic rings. The smallest absolute Gasteiger partial charge is 0.233 e. The maximum atomic E-state index is 11.0. The maximum Gasteiger partial charge on any atom is 0.233 e. The molecule has 0 aliphatic heterocycles. The third-order valence-electron chi connectivity index (χ3n) is 2.53. The van der Waals surface area contributed by atoms with Gasteiger partial charge in [-0.25, -0.2) is 5.84 Å². The van der Waals surface area contributed by atoms with E-state index < -0.39 is 0 Å². The number of nitrogens with one attached hydrogen (secondary N) is 1. The van der Waals surface area contributed by atoms with Gasteiger partial charge in [-0.2, -0.15) is 0 Å². The van der Waals surface area contributed by atoms with Crippen LogP contribution in [0.4, 0.5) is 0 Å². The maximum absolute atomic E-state index is 11.0. The van der Waals surface area contributed by atoms with Gasteiger partial charge in [0, 0.05) is 19.0 Å². The molecule has 0 radical (unpaired) electrons. The van der Waals surface area contributed by atoms with Crippen molar-refractivity contribution in [3.05, 3.63) is 0 Å². The Balaban J connectivity index is 4.25. The van der Waals surface area contributed by atoms with Crippen LogP contribution >= 0.6 is 0 Å². The van der Waals surface area contributed by atoms with Crippen LogP contribution in [0, 0.1) is 5.92 Å². The van der Waals surface area contributed by atoms with Gasteiger partial charge in [0.05, 0.1) is 6.54 Å². The average molecular weight is 244 g/mol. The van der Waals surface area contributed by atoms with Crippen molar-refractivity contribution in [1.82, 2.24) is 10.3 Å². The molecule has 0 saturated carbocycles. The molecular formula is C11H24N4O2. The minimum atomic E-state index is -0.347. The van der Waals surface area contributed by atoms with E-state index in [1.54, 1.807) is 0 Å². The number of rotatable bonds is 8. The lowest BCUT2D eigenvalue weighted by molar-refractivity contribution is -0.121. The van der Waals surface area contributed by atoms with Gasteiger partial charge in [-0.1, -0.05) is 13.8 Å². The largest absolute Gasteiger partial charge is 0.369 e. The molecule has 0 bridgehead atoms. The highest BCUT2D eigenvalue weighted by molar-refractivity contribution is 5.76. The van der Waals surface area contributed by atoms with Crippen LogP contribution in [-0.4, -0.2) is 35.8 Å². The van der Waals surface area contributed by atoms with Crippen LogP contribution in [0.1, 0.15) is 33.6 Å². The molecule has 0 aromatic carbocycles. The molecule has 6 nitrogen and oxygen atoms in total. The van der Waals surface area contributed by atoms with Crippen molar-refractivity contribution in [2.24, 2.45) is 17.5 Å². The molecule has 5 N–H and O–H groups in total. The van der Waals surface area contributed by atoms with Crippen LogP contribution < -0.4 is 17.0 Å². The van der Waals surface area contributed by atoms with E-state index in [0.717, 1.165) is 6.54 Å². The van der Waals surface area contributed by atoms with Crippen LogP contribution in [0.15, 0.2) is 0 Å². The zero-order valence-electron chi connectivity index (χ0n) is 10.9. The van der Waals surface area contributed by atoms with Crippen molar-refractivity contribution < 1.29 is 9.59 Å². The molecule has 1 unspecified atom stereocenters. The number of primary amides is 1. The first-order valence-electron chi connectivity index (χ1n) is 5.88. The Morgan fingerprint density at radius 1 is 1.29 bits per heavy atom. The number of nitrogens with zero attached hydrogens (tertiary/aromatic N) is 1. The highest BCUT2D eigenvalue weighted by Gasteiger charge is 2.17. The van der Waals surface area contributed by atoms with Gasteiger partial charge in [-0.05, 0) is 19.3 Å². The predicted octanol–water partition coefficient (Wildman–Crippen LogP) is -0.412. The first-order chi connectivity index (χ1) is 7.86. The van der Waals surface area contributed by atoms with E-state index in [-0.39, 0.29) is 24.4 Å². The Labute approximate surface area is 103 Å². The summed E-state index contributed by atoms with van der Waals surface area (Å²) in [7, 11) is 0. The Bertz CT molecular complexity index is 256. The molecule has 0 aromatic heterocycles. The molecule has 6 heteroatoms. The minimum Gasteiger partial charge on any atom is -0.369 e. The van der Waals surface area contributed by atoms with E-state index in [0.29, 0.717) is 18.8 Å². The second kappa shape index (κ2) is 8.03. The first kappa shape index (κ1) is 15.9. The number of carbonyl (C=O) groups excluding carboxylic acids is 2. The van der Waals surface area contributed by atoms with E-state index >= 15 is 0 Å². The summed E-state index contributed by atoms with van der Waals surface area (Å²) in [6, 6.07) is 0.127. The van der Waals surface area contributed by atoms with E-state index in [9.17, 15) is 9.59 Å². The molecule has 0 aliphatic carbocycles.